The number of carbonyl (C=O) groups is 1. The summed E-state index contributed by atoms with van der Waals surface area (Å²) in [5, 5.41) is 11.8. The Morgan fingerprint density at radius 1 is 1.33 bits per heavy atom. The minimum absolute atomic E-state index is 0.311. The third-order valence-electron chi connectivity index (χ3n) is 2.32. The van der Waals surface area contributed by atoms with E-state index in [-0.39, 0.29) is 6.61 Å². The van der Waals surface area contributed by atoms with Crippen LogP contribution >= 0.6 is 0 Å². The second kappa shape index (κ2) is 8.49. The molecule has 0 heterocycles. The van der Waals surface area contributed by atoms with Crippen LogP contribution in [0.1, 0.15) is 12.0 Å². The second-order valence-corrected chi connectivity index (χ2v) is 3.85. The Hall–Kier alpha value is -1.59. The predicted molar refractivity (Wildman–Crippen MR) is 67.8 cm³/mol. The molecule has 0 aliphatic rings. The molecule has 2 N–H and O–H groups in total. The predicted octanol–water partition coefficient (Wildman–Crippen LogP) is 1.28. The lowest BCUT2D eigenvalue weighted by molar-refractivity contribution is -0.139. The molecular weight excluding hydrogens is 234 g/mol. The fourth-order valence-corrected chi connectivity index (χ4v) is 1.42. The molecule has 1 rings (SSSR count). The van der Waals surface area contributed by atoms with Gasteiger partial charge in [-0.3, -0.25) is 0 Å². The summed E-state index contributed by atoms with van der Waals surface area (Å²) in [5.41, 5.74) is 1.13. The third kappa shape index (κ3) is 6.22. The number of nitrogens with one attached hydrogen (secondary N) is 1. The number of ether oxygens (including phenoxy) is 2. The van der Waals surface area contributed by atoms with Gasteiger partial charge in [-0.1, -0.05) is 12.1 Å². The van der Waals surface area contributed by atoms with E-state index in [0.29, 0.717) is 5.75 Å². The van der Waals surface area contributed by atoms with E-state index < -0.39 is 5.97 Å². The smallest absolute Gasteiger partial charge is 0.341 e. The maximum atomic E-state index is 10.3. The topological polar surface area (TPSA) is 67.8 Å². The van der Waals surface area contributed by atoms with Crippen LogP contribution in [0.15, 0.2) is 24.3 Å². The zero-order chi connectivity index (χ0) is 13.2. The molecule has 0 atom stereocenters. The van der Waals surface area contributed by atoms with Gasteiger partial charge in [-0.2, -0.15) is 0 Å². The summed E-state index contributed by atoms with van der Waals surface area (Å²) >= 11 is 0. The van der Waals surface area contributed by atoms with Gasteiger partial charge in [0.1, 0.15) is 5.75 Å². The molecule has 18 heavy (non-hydrogen) atoms. The van der Waals surface area contributed by atoms with E-state index in [1.54, 1.807) is 19.2 Å². The zero-order valence-corrected chi connectivity index (χ0v) is 10.5. The first-order valence-corrected chi connectivity index (χ1v) is 5.85. The van der Waals surface area contributed by atoms with E-state index in [9.17, 15) is 4.79 Å². The van der Waals surface area contributed by atoms with Gasteiger partial charge in [0.05, 0.1) is 0 Å². The summed E-state index contributed by atoms with van der Waals surface area (Å²) in [4.78, 5) is 10.3. The van der Waals surface area contributed by atoms with Gasteiger partial charge in [-0.05, 0) is 30.7 Å². The van der Waals surface area contributed by atoms with Crippen molar-refractivity contribution in [2.75, 3.05) is 26.9 Å². The zero-order valence-electron chi connectivity index (χ0n) is 10.5. The molecule has 0 amide bonds. The first kappa shape index (κ1) is 14.5. The number of methoxy groups -OCH3 is 1. The van der Waals surface area contributed by atoms with Crippen LogP contribution in [0.25, 0.3) is 0 Å². The molecule has 0 spiro atoms. The monoisotopic (exact) mass is 253 g/mol. The molecule has 0 bridgehead atoms. The van der Waals surface area contributed by atoms with Crippen molar-refractivity contribution < 1.29 is 19.4 Å². The van der Waals surface area contributed by atoms with Crippen molar-refractivity contribution in [3.05, 3.63) is 29.8 Å². The van der Waals surface area contributed by atoms with Crippen LogP contribution < -0.4 is 10.1 Å². The number of hydrogen-bond acceptors (Lipinski definition) is 4. The first-order valence-electron chi connectivity index (χ1n) is 5.85. The number of benzene rings is 1. The fraction of sp³-hybridized carbons (Fsp3) is 0.462. The lowest BCUT2D eigenvalue weighted by atomic mass is 10.2. The maximum Gasteiger partial charge on any atom is 0.341 e. The molecule has 1 aromatic rings. The van der Waals surface area contributed by atoms with E-state index >= 15 is 0 Å². The molecule has 0 aliphatic carbocycles. The molecule has 1 aromatic carbocycles. The average molecular weight is 253 g/mol. The number of aliphatic carboxylic acids is 1. The van der Waals surface area contributed by atoms with Crippen LogP contribution in [-0.4, -0.2) is 37.9 Å². The Labute approximate surface area is 107 Å². The molecule has 5 heteroatoms. The number of hydrogen-bond donors (Lipinski definition) is 2. The van der Waals surface area contributed by atoms with Gasteiger partial charge in [0, 0.05) is 20.3 Å². The number of carboxylic acids is 1. The van der Waals surface area contributed by atoms with Gasteiger partial charge in [0.2, 0.25) is 0 Å². The summed E-state index contributed by atoms with van der Waals surface area (Å²) < 4.78 is 10.00. The molecular formula is C13H19NO4. The number of rotatable bonds is 9. The van der Waals surface area contributed by atoms with Crippen LogP contribution in [-0.2, 0) is 16.1 Å². The Bertz CT molecular complexity index is 351. The Morgan fingerprint density at radius 2 is 2.06 bits per heavy atom. The van der Waals surface area contributed by atoms with Gasteiger partial charge >= 0.3 is 5.97 Å². The molecule has 0 saturated heterocycles. The highest BCUT2D eigenvalue weighted by atomic mass is 16.5. The number of carboxylic acid groups (broad SMARTS) is 1. The second-order valence-electron chi connectivity index (χ2n) is 3.85. The van der Waals surface area contributed by atoms with E-state index in [1.165, 1.54) is 0 Å². The normalized spacial score (nSPS) is 10.3. The Balaban J connectivity index is 2.25. The van der Waals surface area contributed by atoms with E-state index in [1.807, 2.05) is 12.1 Å². The minimum Gasteiger partial charge on any atom is -0.482 e. The Morgan fingerprint density at radius 3 is 2.67 bits per heavy atom. The van der Waals surface area contributed by atoms with E-state index in [0.717, 1.165) is 31.7 Å². The van der Waals surface area contributed by atoms with Crippen LogP contribution in [0.2, 0.25) is 0 Å². The average Bonchev–Trinajstić information content (AvgIpc) is 2.37. The van der Waals surface area contributed by atoms with Gasteiger partial charge in [0.25, 0.3) is 0 Å². The van der Waals surface area contributed by atoms with Crippen LogP contribution in [0.3, 0.4) is 0 Å². The lowest BCUT2D eigenvalue weighted by Gasteiger charge is -2.06. The first-order chi connectivity index (χ1) is 8.72. The van der Waals surface area contributed by atoms with Crippen molar-refractivity contribution in [2.45, 2.75) is 13.0 Å². The van der Waals surface area contributed by atoms with Crippen molar-refractivity contribution in [3.8, 4) is 5.75 Å². The molecule has 0 saturated carbocycles. The van der Waals surface area contributed by atoms with Crippen molar-refractivity contribution in [1.29, 1.82) is 0 Å². The Kier molecular flexibility index (Phi) is 6.83. The molecule has 5 nitrogen and oxygen atoms in total. The molecule has 0 fully saturated rings. The van der Waals surface area contributed by atoms with Gasteiger partial charge < -0.3 is 19.9 Å². The van der Waals surface area contributed by atoms with Crippen molar-refractivity contribution in [3.63, 3.8) is 0 Å². The summed E-state index contributed by atoms with van der Waals surface area (Å²) in [6.07, 6.45) is 0.982. The van der Waals surface area contributed by atoms with Crippen LogP contribution in [0.4, 0.5) is 0 Å². The summed E-state index contributed by atoms with van der Waals surface area (Å²) in [5.74, 6) is -0.403. The molecule has 0 radical (unpaired) electrons. The van der Waals surface area contributed by atoms with Crippen molar-refractivity contribution in [1.82, 2.24) is 5.32 Å². The molecule has 0 aromatic heterocycles. The van der Waals surface area contributed by atoms with Gasteiger partial charge in [-0.15, -0.1) is 0 Å². The quantitative estimate of drug-likeness (QED) is 0.649. The van der Waals surface area contributed by atoms with E-state index in [2.05, 4.69) is 5.32 Å². The highest BCUT2D eigenvalue weighted by molar-refractivity contribution is 5.68. The van der Waals surface area contributed by atoms with Crippen molar-refractivity contribution in [2.24, 2.45) is 0 Å². The van der Waals surface area contributed by atoms with Gasteiger partial charge in [-0.25, -0.2) is 4.79 Å². The maximum absolute atomic E-state index is 10.3. The van der Waals surface area contributed by atoms with E-state index in [4.69, 9.17) is 14.6 Å². The molecule has 0 unspecified atom stereocenters. The summed E-state index contributed by atoms with van der Waals surface area (Å²) in [6.45, 7) is 2.14. The lowest BCUT2D eigenvalue weighted by Crippen LogP contribution is -2.16. The summed E-state index contributed by atoms with van der Waals surface area (Å²) in [6, 6.07) is 7.38. The third-order valence-corrected chi connectivity index (χ3v) is 2.32. The minimum atomic E-state index is -0.973. The van der Waals surface area contributed by atoms with Crippen LogP contribution in [0.5, 0.6) is 5.75 Å². The molecule has 100 valence electrons. The summed E-state index contributed by atoms with van der Waals surface area (Å²) in [7, 11) is 1.69. The van der Waals surface area contributed by atoms with Crippen molar-refractivity contribution >= 4 is 5.97 Å². The fourth-order valence-electron chi connectivity index (χ4n) is 1.42. The highest BCUT2D eigenvalue weighted by Crippen LogP contribution is 2.11. The largest absolute Gasteiger partial charge is 0.482 e. The molecule has 0 aliphatic heterocycles. The van der Waals surface area contributed by atoms with Gasteiger partial charge in [0.15, 0.2) is 6.61 Å². The SMILES string of the molecule is COCCCNCc1ccc(OCC(=O)O)cc1. The highest BCUT2D eigenvalue weighted by Gasteiger charge is 1.99. The standard InChI is InChI=1S/C13H19NO4/c1-17-8-2-7-14-9-11-3-5-12(6-4-11)18-10-13(15)16/h3-6,14H,2,7-10H2,1H3,(H,15,16). The van der Waals surface area contributed by atoms with Crippen LogP contribution in [0, 0.1) is 0 Å².